The van der Waals surface area contributed by atoms with Gasteiger partial charge in [0, 0.05) is 0 Å². The van der Waals surface area contributed by atoms with E-state index < -0.39 is 6.04 Å². The Bertz CT molecular complexity index is 344. The second-order valence-corrected chi connectivity index (χ2v) is 3.79. The van der Waals surface area contributed by atoms with Crippen LogP contribution < -0.4 is 15.2 Å². The highest BCUT2D eigenvalue weighted by molar-refractivity contribution is 9.10. The molecular formula is C10H14BrNO3. The van der Waals surface area contributed by atoms with E-state index >= 15 is 0 Å². The number of ether oxygens (including phenoxy) is 2. The van der Waals surface area contributed by atoms with Crippen molar-refractivity contribution in [2.45, 2.75) is 6.04 Å². The van der Waals surface area contributed by atoms with Crippen LogP contribution in [0, 0.1) is 0 Å². The molecule has 0 amide bonds. The summed E-state index contributed by atoms with van der Waals surface area (Å²) in [5.41, 5.74) is 6.52. The van der Waals surface area contributed by atoms with Crippen molar-refractivity contribution in [2.75, 3.05) is 20.8 Å². The number of halogens is 1. The molecule has 0 saturated heterocycles. The fraction of sp³-hybridized carbons (Fsp3) is 0.400. The number of nitrogens with two attached hydrogens (primary N) is 1. The molecular weight excluding hydrogens is 262 g/mol. The molecule has 4 nitrogen and oxygen atoms in total. The van der Waals surface area contributed by atoms with E-state index in [1.54, 1.807) is 26.4 Å². The summed E-state index contributed by atoms with van der Waals surface area (Å²) >= 11 is 3.38. The average Bonchev–Trinajstić information content (AvgIpc) is 2.27. The van der Waals surface area contributed by atoms with Crippen LogP contribution in [-0.4, -0.2) is 25.9 Å². The van der Waals surface area contributed by atoms with Crippen molar-refractivity contribution < 1.29 is 14.6 Å². The summed E-state index contributed by atoms with van der Waals surface area (Å²) in [6.07, 6.45) is 0. The predicted molar refractivity (Wildman–Crippen MR) is 61.3 cm³/mol. The van der Waals surface area contributed by atoms with Crippen molar-refractivity contribution in [3.05, 3.63) is 22.2 Å². The third-order valence-electron chi connectivity index (χ3n) is 2.11. The Kier molecular flexibility index (Phi) is 4.38. The molecule has 15 heavy (non-hydrogen) atoms. The van der Waals surface area contributed by atoms with Crippen molar-refractivity contribution >= 4 is 15.9 Å². The van der Waals surface area contributed by atoms with Gasteiger partial charge in [-0.1, -0.05) is 6.07 Å². The van der Waals surface area contributed by atoms with E-state index in [0.29, 0.717) is 16.0 Å². The summed E-state index contributed by atoms with van der Waals surface area (Å²) in [5, 5.41) is 8.98. The molecule has 0 aliphatic carbocycles. The fourth-order valence-corrected chi connectivity index (χ4v) is 2.07. The van der Waals surface area contributed by atoms with Gasteiger partial charge in [0.25, 0.3) is 0 Å². The molecule has 0 bridgehead atoms. The van der Waals surface area contributed by atoms with E-state index in [4.69, 9.17) is 20.3 Å². The van der Waals surface area contributed by atoms with E-state index in [2.05, 4.69) is 15.9 Å². The molecule has 1 aromatic carbocycles. The van der Waals surface area contributed by atoms with Crippen LogP contribution in [0.2, 0.25) is 0 Å². The number of benzene rings is 1. The van der Waals surface area contributed by atoms with Crippen molar-refractivity contribution in [3.63, 3.8) is 0 Å². The molecule has 84 valence electrons. The lowest BCUT2D eigenvalue weighted by Gasteiger charge is -2.16. The first kappa shape index (κ1) is 12.3. The van der Waals surface area contributed by atoms with Crippen LogP contribution in [0.5, 0.6) is 11.5 Å². The van der Waals surface area contributed by atoms with Crippen LogP contribution >= 0.6 is 15.9 Å². The van der Waals surface area contributed by atoms with Crippen LogP contribution in [0.25, 0.3) is 0 Å². The van der Waals surface area contributed by atoms with Crippen LogP contribution in [0.3, 0.4) is 0 Å². The highest BCUT2D eigenvalue weighted by atomic mass is 79.9. The molecule has 0 spiro atoms. The molecule has 0 aromatic heterocycles. The maximum absolute atomic E-state index is 8.98. The van der Waals surface area contributed by atoms with Gasteiger partial charge in [0.1, 0.15) is 0 Å². The van der Waals surface area contributed by atoms with Crippen molar-refractivity contribution in [3.8, 4) is 11.5 Å². The number of rotatable bonds is 4. The van der Waals surface area contributed by atoms with Gasteiger partial charge >= 0.3 is 0 Å². The van der Waals surface area contributed by atoms with Gasteiger partial charge in [0.15, 0.2) is 11.5 Å². The Morgan fingerprint density at radius 1 is 1.40 bits per heavy atom. The molecule has 0 heterocycles. The molecule has 1 rings (SSSR count). The maximum Gasteiger partial charge on any atom is 0.175 e. The fourth-order valence-electron chi connectivity index (χ4n) is 1.29. The summed E-state index contributed by atoms with van der Waals surface area (Å²) in [4.78, 5) is 0. The van der Waals surface area contributed by atoms with Gasteiger partial charge in [-0.3, -0.25) is 0 Å². The maximum atomic E-state index is 8.98. The molecule has 0 aliphatic rings. The van der Waals surface area contributed by atoms with Gasteiger partial charge in [-0.2, -0.15) is 0 Å². The molecule has 1 aromatic rings. The molecule has 0 radical (unpaired) electrons. The van der Waals surface area contributed by atoms with Gasteiger partial charge < -0.3 is 20.3 Å². The summed E-state index contributed by atoms with van der Waals surface area (Å²) < 4.78 is 11.0. The molecule has 1 atom stereocenters. The van der Waals surface area contributed by atoms with E-state index in [0.717, 1.165) is 5.56 Å². The first-order chi connectivity index (χ1) is 7.15. The van der Waals surface area contributed by atoms with Gasteiger partial charge in [0.2, 0.25) is 0 Å². The van der Waals surface area contributed by atoms with E-state index in [1.807, 2.05) is 0 Å². The monoisotopic (exact) mass is 275 g/mol. The van der Waals surface area contributed by atoms with Crippen LogP contribution in [0.1, 0.15) is 11.6 Å². The number of hydrogen-bond acceptors (Lipinski definition) is 4. The van der Waals surface area contributed by atoms with Crippen molar-refractivity contribution in [2.24, 2.45) is 5.73 Å². The second kappa shape index (κ2) is 5.34. The number of methoxy groups -OCH3 is 2. The Labute approximate surface area is 97.1 Å². The highest BCUT2D eigenvalue weighted by Gasteiger charge is 2.16. The Hall–Kier alpha value is -0.780. The lowest BCUT2D eigenvalue weighted by Crippen LogP contribution is -2.15. The molecule has 0 aliphatic heterocycles. The van der Waals surface area contributed by atoms with Crippen molar-refractivity contribution in [1.29, 1.82) is 0 Å². The van der Waals surface area contributed by atoms with E-state index in [1.165, 1.54) is 0 Å². The summed E-state index contributed by atoms with van der Waals surface area (Å²) in [5.74, 6) is 1.21. The third kappa shape index (κ3) is 2.42. The zero-order valence-corrected chi connectivity index (χ0v) is 10.2. The zero-order valence-electron chi connectivity index (χ0n) is 8.66. The van der Waals surface area contributed by atoms with Crippen LogP contribution in [-0.2, 0) is 0 Å². The Morgan fingerprint density at radius 3 is 2.53 bits per heavy atom. The first-order valence-electron chi connectivity index (χ1n) is 4.42. The SMILES string of the molecule is COc1ccc(C(N)CO)c(Br)c1OC. The largest absolute Gasteiger partial charge is 0.493 e. The topological polar surface area (TPSA) is 64.7 Å². The second-order valence-electron chi connectivity index (χ2n) is 2.99. The Balaban J connectivity index is 3.22. The minimum absolute atomic E-state index is 0.117. The minimum atomic E-state index is -0.431. The molecule has 1 unspecified atom stereocenters. The predicted octanol–water partition coefficient (Wildman–Crippen LogP) is 1.46. The summed E-state index contributed by atoms with van der Waals surface area (Å²) in [6.45, 7) is -0.117. The molecule has 0 fully saturated rings. The molecule has 5 heteroatoms. The number of aliphatic hydroxyl groups is 1. The standard InChI is InChI=1S/C10H14BrNO3/c1-14-8-4-3-6(7(12)5-13)9(11)10(8)15-2/h3-4,7,13H,5,12H2,1-2H3. The lowest BCUT2D eigenvalue weighted by atomic mass is 10.1. The average molecular weight is 276 g/mol. The first-order valence-corrected chi connectivity index (χ1v) is 5.21. The number of hydrogen-bond donors (Lipinski definition) is 2. The lowest BCUT2D eigenvalue weighted by molar-refractivity contribution is 0.267. The highest BCUT2D eigenvalue weighted by Crippen LogP contribution is 2.39. The normalized spacial score (nSPS) is 12.3. The third-order valence-corrected chi connectivity index (χ3v) is 2.93. The van der Waals surface area contributed by atoms with E-state index in [9.17, 15) is 0 Å². The summed E-state index contributed by atoms with van der Waals surface area (Å²) in [6, 6.07) is 3.13. The van der Waals surface area contributed by atoms with Gasteiger partial charge in [-0.15, -0.1) is 0 Å². The van der Waals surface area contributed by atoms with Crippen molar-refractivity contribution in [1.82, 2.24) is 0 Å². The smallest absolute Gasteiger partial charge is 0.175 e. The van der Waals surface area contributed by atoms with Gasteiger partial charge in [-0.05, 0) is 27.6 Å². The molecule has 0 saturated carbocycles. The number of aliphatic hydroxyl groups excluding tert-OH is 1. The van der Waals surface area contributed by atoms with E-state index in [-0.39, 0.29) is 6.61 Å². The van der Waals surface area contributed by atoms with Crippen LogP contribution in [0.4, 0.5) is 0 Å². The zero-order chi connectivity index (χ0) is 11.4. The quantitative estimate of drug-likeness (QED) is 0.873. The van der Waals surface area contributed by atoms with Gasteiger partial charge in [-0.25, -0.2) is 0 Å². The minimum Gasteiger partial charge on any atom is -0.493 e. The van der Waals surface area contributed by atoms with Gasteiger partial charge in [0.05, 0.1) is 31.3 Å². The summed E-state index contributed by atoms with van der Waals surface area (Å²) in [7, 11) is 3.12. The molecule has 3 N–H and O–H groups in total. The van der Waals surface area contributed by atoms with Crippen LogP contribution in [0.15, 0.2) is 16.6 Å². The Morgan fingerprint density at radius 2 is 2.07 bits per heavy atom.